The van der Waals surface area contributed by atoms with Crippen LogP contribution in [0.2, 0.25) is 0 Å². The van der Waals surface area contributed by atoms with E-state index in [-0.39, 0.29) is 4.90 Å². The quantitative estimate of drug-likeness (QED) is 0.751. The summed E-state index contributed by atoms with van der Waals surface area (Å²) in [5, 5.41) is 0. The number of benzene rings is 2. The van der Waals surface area contributed by atoms with Crippen LogP contribution in [0.4, 0.5) is 0 Å². The number of hydrogen-bond donors (Lipinski definition) is 1. The van der Waals surface area contributed by atoms with Crippen molar-refractivity contribution in [2.75, 3.05) is 7.11 Å². The Kier molecular flexibility index (Phi) is 5.20. The van der Waals surface area contributed by atoms with E-state index < -0.39 is 30.8 Å². The van der Waals surface area contributed by atoms with Gasteiger partial charge in [-0.1, -0.05) is 0 Å². The van der Waals surface area contributed by atoms with Gasteiger partial charge >= 0.3 is 132 Å². The first-order valence-electron chi connectivity index (χ1n) is 5.97. The van der Waals surface area contributed by atoms with Gasteiger partial charge in [-0.2, -0.15) is 0 Å². The van der Waals surface area contributed by atoms with Crippen molar-refractivity contribution < 1.29 is 19.1 Å². The molecule has 0 amide bonds. The van der Waals surface area contributed by atoms with Gasteiger partial charge in [0.25, 0.3) is 0 Å². The monoisotopic (exact) mass is 422 g/mol. The normalized spacial score (nSPS) is 12.0. The van der Waals surface area contributed by atoms with Crippen molar-refractivity contribution in [2.24, 2.45) is 0 Å². The molecule has 0 fully saturated rings. The van der Waals surface area contributed by atoms with Crippen LogP contribution in [-0.2, 0) is 12.6 Å². The molecule has 21 heavy (non-hydrogen) atoms. The van der Waals surface area contributed by atoms with Crippen LogP contribution in [-0.4, -0.2) is 19.0 Å². The predicted molar refractivity (Wildman–Crippen MR) is 87.4 cm³/mol. The standard InChI is InChI=1S/C14H15IO5S/c1-11-3-9-14(10-4-11)21(17,18)20-15(16)12-5-7-13(19-2)8-6-12/h3-10,16H,1-2H3. The first-order chi connectivity index (χ1) is 9.92. The van der Waals surface area contributed by atoms with E-state index in [0.29, 0.717) is 9.32 Å². The average molecular weight is 422 g/mol. The first kappa shape index (κ1) is 16.2. The molecule has 2 aromatic carbocycles. The van der Waals surface area contributed by atoms with Gasteiger partial charge in [-0.25, -0.2) is 0 Å². The second-order valence-electron chi connectivity index (χ2n) is 4.22. The Morgan fingerprint density at radius 1 is 1.00 bits per heavy atom. The molecule has 0 heterocycles. The fourth-order valence-electron chi connectivity index (χ4n) is 1.53. The Morgan fingerprint density at radius 3 is 2.10 bits per heavy atom. The van der Waals surface area contributed by atoms with Crippen molar-refractivity contribution in [3.8, 4) is 5.75 Å². The fourth-order valence-corrected chi connectivity index (χ4v) is 5.87. The van der Waals surface area contributed by atoms with Crippen molar-refractivity contribution in [1.29, 1.82) is 0 Å². The number of ether oxygens (including phenoxy) is 1. The molecule has 2 rings (SSSR count). The minimum absolute atomic E-state index is 0.0398. The van der Waals surface area contributed by atoms with Gasteiger partial charge in [0.1, 0.15) is 0 Å². The summed E-state index contributed by atoms with van der Waals surface area (Å²) in [7, 11) is -2.42. The average Bonchev–Trinajstić information content (AvgIpc) is 2.47. The van der Waals surface area contributed by atoms with Gasteiger partial charge in [0, 0.05) is 0 Å². The van der Waals surface area contributed by atoms with Gasteiger partial charge in [0.2, 0.25) is 0 Å². The molecule has 0 unspecified atom stereocenters. The summed E-state index contributed by atoms with van der Waals surface area (Å²) < 4.78 is 44.7. The second-order valence-corrected chi connectivity index (χ2v) is 9.37. The number of halogens is 1. The summed E-state index contributed by atoms with van der Waals surface area (Å²) >= 11 is -3.23. The van der Waals surface area contributed by atoms with Gasteiger partial charge < -0.3 is 0 Å². The van der Waals surface area contributed by atoms with Crippen molar-refractivity contribution in [3.05, 3.63) is 57.7 Å². The molecule has 0 aliphatic heterocycles. The molecule has 5 nitrogen and oxygen atoms in total. The van der Waals surface area contributed by atoms with E-state index in [2.05, 4.69) is 0 Å². The maximum atomic E-state index is 12.1. The van der Waals surface area contributed by atoms with Crippen LogP contribution in [0.5, 0.6) is 5.75 Å². The zero-order valence-electron chi connectivity index (χ0n) is 11.5. The third kappa shape index (κ3) is 4.16. The molecule has 1 N–H and O–H groups in total. The Hall–Kier alpha value is -1.16. The summed E-state index contributed by atoms with van der Waals surface area (Å²) in [6.45, 7) is 1.86. The Morgan fingerprint density at radius 2 is 1.57 bits per heavy atom. The Labute approximate surface area is 132 Å². The summed E-state index contributed by atoms with van der Waals surface area (Å²) in [6.07, 6.45) is 0. The van der Waals surface area contributed by atoms with E-state index in [4.69, 9.17) is 7.25 Å². The van der Waals surface area contributed by atoms with Crippen LogP contribution in [0, 0.1) is 10.5 Å². The van der Waals surface area contributed by atoms with Gasteiger partial charge in [0.05, 0.1) is 0 Å². The van der Waals surface area contributed by atoms with Crippen molar-refractivity contribution in [2.45, 2.75) is 11.8 Å². The van der Waals surface area contributed by atoms with E-state index in [1.807, 2.05) is 6.92 Å². The predicted octanol–water partition coefficient (Wildman–Crippen LogP) is 2.91. The number of hydrogen-bond acceptors (Lipinski definition) is 5. The molecule has 0 aliphatic rings. The van der Waals surface area contributed by atoms with Crippen molar-refractivity contribution in [3.63, 3.8) is 0 Å². The zero-order chi connectivity index (χ0) is 15.5. The van der Waals surface area contributed by atoms with Crippen LogP contribution in [0.25, 0.3) is 0 Å². The second kappa shape index (κ2) is 6.73. The molecule has 0 spiro atoms. The molecule has 0 atom stereocenters. The summed E-state index contributed by atoms with van der Waals surface area (Å²) in [5.74, 6) is 0.629. The Balaban J connectivity index is 2.17. The fraction of sp³-hybridized carbons (Fsp3) is 0.143. The van der Waals surface area contributed by atoms with Gasteiger partial charge in [0.15, 0.2) is 0 Å². The molecule has 2 aromatic rings. The minimum atomic E-state index is -3.95. The van der Waals surface area contributed by atoms with Crippen LogP contribution < -0.4 is 4.74 Å². The number of methoxy groups -OCH3 is 1. The molecule has 0 aliphatic carbocycles. The van der Waals surface area contributed by atoms with Gasteiger partial charge in [-0.3, -0.25) is 0 Å². The third-order valence-corrected chi connectivity index (χ3v) is 8.05. The topological polar surface area (TPSA) is 72.8 Å². The van der Waals surface area contributed by atoms with E-state index in [0.717, 1.165) is 5.56 Å². The SMILES string of the molecule is COc1ccc(I(O)OS(=O)(=O)c2ccc(C)cc2)cc1. The maximum absolute atomic E-state index is 12.1. The molecule has 114 valence electrons. The Bertz CT molecular complexity index is 695. The van der Waals surface area contributed by atoms with Crippen molar-refractivity contribution >= 4 is 30.8 Å². The number of aryl methyl sites for hydroxylation is 1. The van der Waals surface area contributed by atoms with Crippen LogP contribution in [0.1, 0.15) is 5.56 Å². The number of rotatable bonds is 5. The van der Waals surface area contributed by atoms with Crippen LogP contribution in [0.3, 0.4) is 0 Å². The molecular weight excluding hydrogens is 407 g/mol. The molecule has 0 radical (unpaired) electrons. The molecule has 0 saturated heterocycles. The molecule has 0 aromatic heterocycles. The zero-order valence-corrected chi connectivity index (χ0v) is 14.5. The first-order valence-corrected chi connectivity index (χ1v) is 10.3. The molecule has 7 heteroatoms. The van der Waals surface area contributed by atoms with Gasteiger partial charge in [-0.05, 0) is 0 Å². The van der Waals surface area contributed by atoms with Crippen LogP contribution in [0.15, 0.2) is 53.4 Å². The third-order valence-electron chi connectivity index (χ3n) is 2.69. The van der Waals surface area contributed by atoms with E-state index in [1.54, 1.807) is 36.4 Å². The van der Waals surface area contributed by atoms with E-state index in [9.17, 15) is 11.9 Å². The molecule has 0 saturated carbocycles. The summed E-state index contributed by atoms with van der Waals surface area (Å²) in [5.41, 5.74) is 0.948. The summed E-state index contributed by atoms with van der Waals surface area (Å²) in [6, 6.07) is 12.8. The van der Waals surface area contributed by atoms with Crippen LogP contribution >= 0.6 is 20.6 Å². The van der Waals surface area contributed by atoms with E-state index >= 15 is 0 Å². The molecular formula is C14H15IO5S. The summed E-state index contributed by atoms with van der Waals surface area (Å²) in [4.78, 5) is 0.0398. The van der Waals surface area contributed by atoms with E-state index in [1.165, 1.54) is 19.2 Å². The van der Waals surface area contributed by atoms with Crippen molar-refractivity contribution in [1.82, 2.24) is 0 Å². The van der Waals surface area contributed by atoms with Gasteiger partial charge in [-0.15, -0.1) is 0 Å². The molecule has 0 bridgehead atoms.